The molecule has 0 saturated heterocycles. The minimum Gasteiger partial charge on any atom is -0.383 e. The Bertz CT molecular complexity index is 629. The number of nitrogens with one attached hydrogen (secondary N) is 1. The molecule has 0 aliphatic carbocycles. The van der Waals surface area contributed by atoms with E-state index in [0.717, 1.165) is 29.3 Å². The van der Waals surface area contributed by atoms with Gasteiger partial charge in [-0.25, -0.2) is 9.97 Å². The van der Waals surface area contributed by atoms with E-state index < -0.39 is 0 Å². The highest BCUT2D eigenvalue weighted by Gasteiger charge is 2.12. The van der Waals surface area contributed by atoms with E-state index >= 15 is 0 Å². The fraction of sp³-hybridized carbons (Fsp3) is 0.533. The third kappa shape index (κ3) is 3.32. The average molecular weight is 288 g/mol. The number of hydrogen-bond donors (Lipinski definition) is 2. The maximum Gasteiger partial charge on any atom is 0.135 e. The van der Waals surface area contributed by atoms with Crippen LogP contribution in [-0.4, -0.2) is 19.7 Å². The fourth-order valence-electron chi connectivity index (χ4n) is 2.19. The minimum absolute atomic E-state index is 0.248. The van der Waals surface area contributed by atoms with Gasteiger partial charge in [-0.2, -0.15) is 5.10 Å². The molecule has 0 amide bonds. The molecule has 3 N–H and O–H groups in total. The number of nitrogens with zero attached hydrogens (tertiary/aromatic N) is 4. The number of nitrogen functional groups attached to an aromatic ring is 1. The second-order valence-electron chi connectivity index (χ2n) is 5.58. The van der Waals surface area contributed by atoms with Crippen molar-refractivity contribution < 1.29 is 0 Å². The highest BCUT2D eigenvalue weighted by atomic mass is 15.3. The van der Waals surface area contributed by atoms with Gasteiger partial charge in [-0.1, -0.05) is 20.8 Å². The monoisotopic (exact) mass is 288 g/mol. The molecule has 0 aromatic carbocycles. The molecule has 0 aliphatic rings. The highest BCUT2D eigenvalue weighted by Crippen LogP contribution is 2.21. The number of anilines is 2. The van der Waals surface area contributed by atoms with Gasteiger partial charge in [0, 0.05) is 36.8 Å². The van der Waals surface area contributed by atoms with Crippen LogP contribution in [0, 0.1) is 6.92 Å². The van der Waals surface area contributed by atoms with Gasteiger partial charge < -0.3 is 11.1 Å². The average Bonchev–Trinajstić information content (AvgIpc) is 2.80. The SMILES string of the molecule is CCc1nn(C)cc1CNc1nc(C(C)C)nc(N)c1C. The van der Waals surface area contributed by atoms with Crippen molar-refractivity contribution in [3.05, 3.63) is 28.8 Å². The number of aromatic nitrogens is 4. The summed E-state index contributed by atoms with van der Waals surface area (Å²) in [5.74, 6) is 2.36. The van der Waals surface area contributed by atoms with Crippen molar-refractivity contribution in [2.45, 2.75) is 46.6 Å². The number of hydrogen-bond acceptors (Lipinski definition) is 5. The molecule has 114 valence electrons. The summed E-state index contributed by atoms with van der Waals surface area (Å²) in [5.41, 5.74) is 9.16. The van der Waals surface area contributed by atoms with Crippen molar-refractivity contribution in [1.29, 1.82) is 0 Å². The maximum absolute atomic E-state index is 5.98. The first-order valence-corrected chi connectivity index (χ1v) is 7.31. The van der Waals surface area contributed by atoms with E-state index in [1.165, 1.54) is 5.56 Å². The fourth-order valence-corrected chi connectivity index (χ4v) is 2.19. The molecule has 0 spiro atoms. The molecule has 0 fully saturated rings. The van der Waals surface area contributed by atoms with E-state index in [9.17, 15) is 0 Å². The van der Waals surface area contributed by atoms with Crippen LogP contribution >= 0.6 is 0 Å². The molecule has 0 aliphatic heterocycles. The Morgan fingerprint density at radius 2 is 2.05 bits per heavy atom. The Labute approximate surface area is 125 Å². The lowest BCUT2D eigenvalue weighted by molar-refractivity contribution is 0.746. The Morgan fingerprint density at radius 3 is 2.67 bits per heavy atom. The van der Waals surface area contributed by atoms with Crippen LogP contribution in [0.2, 0.25) is 0 Å². The summed E-state index contributed by atoms with van der Waals surface area (Å²) in [6.45, 7) is 8.85. The summed E-state index contributed by atoms with van der Waals surface area (Å²) in [6, 6.07) is 0. The maximum atomic E-state index is 5.98. The minimum atomic E-state index is 0.248. The van der Waals surface area contributed by atoms with Gasteiger partial charge in [0.15, 0.2) is 0 Å². The largest absolute Gasteiger partial charge is 0.383 e. The zero-order valence-electron chi connectivity index (χ0n) is 13.4. The molecular weight excluding hydrogens is 264 g/mol. The smallest absolute Gasteiger partial charge is 0.135 e. The summed E-state index contributed by atoms with van der Waals surface area (Å²) in [5, 5.41) is 7.82. The Balaban J connectivity index is 2.23. The molecule has 6 heteroatoms. The second-order valence-corrected chi connectivity index (χ2v) is 5.58. The normalized spacial score (nSPS) is 11.1. The lowest BCUT2D eigenvalue weighted by Crippen LogP contribution is -2.10. The van der Waals surface area contributed by atoms with Crippen molar-refractivity contribution in [2.24, 2.45) is 7.05 Å². The topological polar surface area (TPSA) is 81.7 Å². The molecule has 2 rings (SSSR count). The van der Waals surface area contributed by atoms with Gasteiger partial charge in [0.25, 0.3) is 0 Å². The van der Waals surface area contributed by atoms with Crippen LogP contribution in [0.1, 0.15) is 49.3 Å². The van der Waals surface area contributed by atoms with Crippen LogP contribution < -0.4 is 11.1 Å². The summed E-state index contributed by atoms with van der Waals surface area (Å²) in [6.07, 6.45) is 2.95. The molecule has 0 unspecified atom stereocenters. The van der Waals surface area contributed by atoms with Crippen molar-refractivity contribution in [1.82, 2.24) is 19.7 Å². The number of rotatable bonds is 5. The highest BCUT2D eigenvalue weighted by molar-refractivity contribution is 5.55. The van der Waals surface area contributed by atoms with Crippen LogP contribution in [0.5, 0.6) is 0 Å². The lowest BCUT2D eigenvalue weighted by Gasteiger charge is -2.13. The first-order chi connectivity index (χ1) is 9.92. The van der Waals surface area contributed by atoms with Gasteiger partial charge in [0.1, 0.15) is 17.5 Å². The van der Waals surface area contributed by atoms with Crippen molar-refractivity contribution >= 4 is 11.6 Å². The number of nitrogens with two attached hydrogens (primary N) is 1. The van der Waals surface area contributed by atoms with E-state index in [2.05, 4.69) is 41.2 Å². The van der Waals surface area contributed by atoms with E-state index in [4.69, 9.17) is 5.73 Å². The summed E-state index contributed by atoms with van der Waals surface area (Å²) < 4.78 is 1.84. The zero-order valence-corrected chi connectivity index (χ0v) is 13.4. The molecule has 6 nitrogen and oxygen atoms in total. The van der Waals surface area contributed by atoms with Crippen LogP contribution in [0.3, 0.4) is 0 Å². The lowest BCUT2D eigenvalue weighted by atomic mass is 10.2. The third-order valence-corrected chi connectivity index (χ3v) is 3.49. The van der Waals surface area contributed by atoms with E-state index in [1.54, 1.807) is 0 Å². The molecular formula is C15H24N6. The summed E-state index contributed by atoms with van der Waals surface area (Å²) >= 11 is 0. The van der Waals surface area contributed by atoms with Crippen molar-refractivity contribution in [3.8, 4) is 0 Å². The Morgan fingerprint density at radius 1 is 1.33 bits per heavy atom. The second kappa shape index (κ2) is 6.11. The number of aryl methyl sites for hydroxylation is 2. The predicted octanol–water partition coefficient (Wildman–Crippen LogP) is 2.40. The molecule has 0 radical (unpaired) electrons. The van der Waals surface area contributed by atoms with E-state index in [0.29, 0.717) is 12.4 Å². The van der Waals surface area contributed by atoms with E-state index in [1.807, 2.05) is 24.9 Å². The van der Waals surface area contributed by atoms with Gasteiger partial charge in [-0.3, -0.25) is 4.68 Å². The first kappa shape index (κ1) is 15.3. The Kier molecular flexibility index (Phi) is 4.45. The van der Waals surface area contributed by atoms with Crippen LogP contribution in [0.25, 0.3) is 0 Å². The summed E-state index contributed by atoms with van der Waals surface area (Å²) in [7, 11) is 1.94. The van der Waals surface area contributed by atoms with Crippen molar-refractivity contribution in [2.75, 3.05) is 11.1 Å². The molecule has 0 bridgehead atoms. The van der Waals surface area contributed by atoms with Crippen LogP contribution in [0.4, 0.5) is 11.6 Å². The third-order valence-electron chi connectivity index (χ3n) is 3.49. The molecule has 2 aromatic rings. The molecule has 2 aromatic heterocycles. The summed E-state index contributed by atoms with van der Waals surface area (Å²) in [4.78, 5) is 8.92. The molecule has 21 heavy (non-hydrogen) atoms. The van der Waals surface area contributed by atoms with E-state index in [-0.39, 0.29) is 5.92 Å². The molecule has 2 heterocycles. The van der Waals surface area contributed by atoms with Crippen LogP contribution in [0.15, 0.2) is 6.20 Å². The molecule has 0 saturated carbocycles. The predicted molar refractivity (Wildman–Crippen MR) is 85.2 cm³/mol. The van der Waals surface area contributed by atoms with Gasteiger partial charge >= 0.3 is 0 Å². The van der Waals surface area contributed by atoms with Crippen LogP contribution in [-0.2, 0) is 20.0 Å². The first-order valence-electron chi connectivity index (χ1n) is 7.31. The Hall–Kier alpha value is -2.11. The molecule has 0 atom stereocenters. The quantitative estimate of drug-likeness (QED) is 0.883. The zero-order chi connectivity index (χ0) is 15.6. The van der Waals surface area contributed by atoms with Crippen molar-refractivity contribution in [3.63, 3.8) is 0 Å². The van der Waals surface area contributed by atoms with Gasteiger partial charge in [0.2, 0.25) is 0 Å². The van der Waals surface area contributed by atoms with Gasteiger partial charge in [-0.15, -0.1) is 0 Å². The standard InChI is InChI=1S/C15H24N6/c1-6-12-11(8-21(5)20-12)7-17-15-10(4)13(16)18-14(19-15)9(2)3/h8-9H,6-7H2,1-5H3,(H3,16,17,18,19). The van der Waals surface area contributed by atoms with Gasteiger partial charge in [-0.05, 0) is 13.3 Å². The van der Waals surface area contributed by atoms with Gasteiger partial charge in [0.05, 0.1) is 5.69 Å².